The Labute approximate surface area is 192 Å². The summed E-state index contributed by atoms with van der Waals surface area (Å²) in [5, 5.41) is 17.5. The standard InChI is InChI=1S/C20H17Cl2N5O5/c21-12-5-11(6-13(22)7-12)14(8-18(29)30)25-17(28)9-24-19(31)15-10-32-20(26-15)27-16-3-1-2-4-23-16/h1-7,10,14H,8-9H2,(H,24,31)(H,25,28)(H,29,30)(H,23,26,27). The van der Waals surface area contributed by atoms with E-state index in [-0.39, 0.29) is 11.7 Å². The molecule has 0 fully saturated rings. The summed E-state index contributed by atoms with van der Waals surface area (Å²) in [4.78, 5) is 43.8. The Kier molecular flexibility index (Phi) is 7.63. The molecule has 32 heavy (non-hydrogen) atoms. The number of carboxylic acid groups (broad SMARTS) is 1. The average molecular weight is 478 g/mol. The zero-order valence-corrected chi connectivity index (χ0v) is 17.9. The number of halogens is 2. The van der Waals surface area contributed by atoms with Crippen LogP contribution in [0.3, 0.4) is 0 Å². The van der Waals surface area contributed by atoms with Crippen LogP contribution in [0.1, 0.15) is 28.5 Å². The highest BCUT2D eigenvalue weighted by Gasteiger charge is 2.20. The fourth-order valence-corrected chi connectivity index (χ4v) is 3.22. The summed E-state index contributed by atoms with van der Waals surface area (Å²) in [7, 11) is 0. The van der Waals surface area contributed by atoms with Crippen LogP contribution in [0.4, 0.5) is 11.8 Å². The van der Waals surface area contributed by atoms with E-state index in [1.807, 2.05) is 0 Å². The molecule has 166 valence electrons. The van der Waals surface area contributed by atoms with Crippen molar-refractivity contribution in [1.82, 2.24) is 20.6 Å². The van der Waals surface area contributed by atoms with Crippen LogP contribution in [0.15, 0.2) is 53.3 Å². The second-order valence-corrected chi connectivity index (χ2v) is 7.35. The van der Waals surface area contributed by atoms with Gasteiger partial charge in [0.2, 0.25) is 5.91 Å². The first-order valence-corrected chi connectivity index (χ1v) is 9.94. The number of carboxylic acids is 1. The van der Waals surface area contributed by atoms with Crippen LogP contribution in [0.2, 0.25) is 10.0 Å². The van der Waals surface area contributed by atoms with Gasteiger partial charge in [-0.25, -0.2) is 4.98 Å². The maximum atomic E-state index is 12.3. The molecule has 3 aromatic rings. The molecular weight excluding hydrogens is 461 g/mol. The highest BCUT2D eigenvalue weighted by molar-refractivity contribution is 6.34. The zero-order valence-electron chi connectivity index (χ0n) is 16.3. The fraction of sp³-hybridized carbons (Fsp3) is 0.150. The van der Waals surface area contributed by atoms with Gasteiger partial charge in [-0.2, -0.15) is 4.98 Å². The largest absolute Gasteiger partial charge is 0.481 e. The van der Waals surface area contributed by atoms with Crippen LogP contribution in [-0.2, 0) is 9.59 Å². The number of nitrogens with one attached hydrogen (secondary N) is 3. The van der Waals surface area contributed by atoms with Crippen molar-refractivity contribution in [3.8, 4) is 0 Å². The number of hydrogen-bond donors (Lipinski definition) is 4. The van der Waals surface area contributed by atoms with Crippen molar-refractivity contribution in [3.05, 3.63) is 70.2 Å². The van der Waals surface area contributed by atoms with Crippen molar-refractivity contribution in [3.63, 3.8) is 0 Å². The van der Waals surface area contributed by atoms with Crippen molar-refractivity contribution in [1.29, 1.82) is 0 Å². The molecule has 10 nitrogen and oxygen atoms in total. The minimum absolute atomic E-state index is 0.0534. The molecule has 1 unspecified atom stereocenters. The summed E-state index contributed by atoms with van der Waals surface area (Å²) in [6.45, 7) is -0.418. The van der Waals surface area contributed by atoms with E-state index >= 15 is 0 Å². The van der Waals surface area contributed by atoms with Gasteiger partial charge in [0, 0.05) is 16.2 Å². The Balaban J connectivity index is 1.57. The summed E-state index contributed by atoms with van der Waals surface area (Å²) in [5.74, 6) is -1.92. The molecule has 0 saturated heterocycles. The Morgan fingerprint density at radius 2 is 1.88 bits per heavy atom. The smallest absolute Gasteiger partial charge is 0.305 e. The van der Waals surface area contributed by atoms with Crippen LogP contribution < -0.4 is 16.0 Å². The SMILES string of the molecule is O=C(O)CC(NC(=O)CNC(=O)c1coc(Nc2ccccn2)n1)c1cc(Cl)cc(Cl)c1. The van der Waals surface area contributed by atoms with Crippen LogP contribution in [0, 0.1) is 0 Å². The van der Waals surface area contributed by atoms with Crippen LogP contribution in [0.5, 0.6) is 0 Å². The van der Waals surface area contributed by atoms with E-state index in [9.17, 15) is 14.4 Å². The number of carbonyl (C=O) groups is 3. The van der Waals surface area contributed by atoms with E-state index in [0.717, 1.165) is 6.26 Å². The van der Waals surface area contributed by atoms with E-state index in [1.165, 1.54) is 18.2 Å². The Bertz CT molecular complexity index is 1100. The number of pyridine rings is 1. The first kappa shape index (κ1) is 23.0. The van der Waals surface area contributed by atoms with Crippen molar-refractivity contribution in [2.24, 2.45) is 0 Å². The van der Waals surface area contributed by atoms with Crippen LogP contribution in [0.25, 0.3) is 0 Å². The highest BCUT2D eigenvalue weighted by atomic mass is 35.5. The van der Waals surface area contributed by atoms with Crippen LogP contribution >= 0.6 is 23.2 Å². The monoisotopic (exact) mass is 477 g/mol. The highest BCUT2D eigenvalue weighted by Crippen LogP contribution is 2.25. The number of anilines is 2. The second kappa shape index (κ2) is 10.6. The number of carbonyl (C=O) groups excluding carboxylic acids is 2. The minimum Gasteiger partial charge on any atom is -0.481 e. The summed E-state index contributed by atoms with van der Waals surface area (Å²) in [6.07, 6.45) is 2.30. The second-order valence-electron chi connectivity index (χ2n) is 6.48. The fourth-order valence-electron chi connectivity index (χ4n) is 2.68. The lowest BCUT2D eigenvalue weighted by Gasteiger charge is -2.18. The third kappa shape index (κ3) is 6.69. The molecule has 0 aliphatic carbocycles. The molecule has 12 heteroatoms. The number of aromatic nitrogens is 2. The van der Waals surface area contributed by atoms with Gasteiger partial charge < -0.3 is 20.2 Å². The molecular formula is C20H17Cl2N5O5. The molecule has 3 rings (SSSR count). The summed E-state index contributed by atoms with van der Waals surface area (Å²) in [5.41, 5.74) is 0.367. The molecule has 0 radical (unpaired) electrons. The number of rotatable bonds is 9. The van der Waals surface area contributed by atoms with Gasteiger partial charge in [0.05, 0.1) is 19.0 Å². The number of hydrogen-bond acceptors (Lipinski definition) is 7. The summed E-state index contributed by atoms with van der Waals surface area (Å²) >= 11 is 11.9. The van der Waals surface area contributed by atoms with Gasteiger partial charge in [-0.3, -0.25) is 19.7 Å². The molecule has 2 amide bonds. The lowest BCUT2D eigenvalue weighted by Crippen LogP contribution is -2.39. The molecule has 0 aliphatic rings. The zero-order chi connectivity index (χ0) is 23.1. The van der Waals surface area contributed by atoms with Crippen molar-refractivity contribution in [2.45, 2.75) is 12.5 Å². The first-order valence-electron chi connectivity index (χ1n) is 9.19. The molecule has 4 N–H and O–H groups in total. The van der Waals surface area contributed by atoms with Gasteiger partial charge >= 0.3 is 12.0 Å². The predicted molar refractivity (Wildman–Crippen MR) is 116 cm³/mol. The summed E-state index contributed by atoms with van der Waals surface area (Å²) < 4.78 is 5.17. The summed E-state index contributed by atoms with van der Waals surface area (Å²) in [6, 6.07) is 8.85. The Morgan fingerprint density at radius 1 is 1.12 bits per heavy atom. The van der Waals surface area contributed by atoms with Gasteiger partial charge in [0.25, 0.3) is 5.91 Å². The van der Waals surface area contributed by atoms with E-state index < -0.39 is 36.8 Å². The van der Waals surface area contributed by atoms with Gasteiger partial charge in [0.1, 0.15) is 12.1 Å². The number of nitrogens with zero attached hydrogens (tertiary/aromatic N) is 2. The molecule has 0 spiro atoms. The van der Waals surface area contributed by atoms with E-state index in [4.69, 9.17) is 32.7 Å². The maximum absolute atomic E-state index is 12.3. The lowest BCUT2D eigenvalue weighted by molar-refractivity contribution is -0.137. The quantitative estimate of drug-likeness (QED) is 0.367. The maximum Gasteiger partial charge on any atom is 0.305 e. The number of oxazole rings is 1. The van der Waals surface area contributed by atoms with Gasteiger partial charge in [-0.05, 0) is 35.9 Å². The predicted octanol–water partition coefficient (Wildman–Crippen LogP) is 3.18. The molecule has 2 aromatic heterocycles. The number of aliphatic carboxylic acids is 1. The third-order valence-corrected chi connectivity index (χ3v) is 4.48. The van der Waals surface area contributed by atoms with E-state index in [0.29, 0.717) is 21.4 Å². The Hall–Kier alpha value is -3.63. The molecule has 0 saturated carbocycles. The minimum atomic E-state index is -1.13. The van der Waals surface area contributed by atoms with Gasteiger partial charge in [-0.15, -0.1) is 0 Å². The lowest BCUT2D eigenvalue weighted by atomic mass is 10.0. The normalized spacial score (nSPS) is 11.4. The van der Waals surface area contributed by atoms with Crippen LogP contribution in [-0.4, -0.2) is 39.4 Å². The molecule has 0 bridgehead atoms. The average Bonchev–Trinajstić information content (AvgIpc) is 3.20. The molecule has 1 atom stereocenters. The van der Waals surface area contributed by atoms with Crippen molar-refractivity contribution in [2.75, 3.05) is 11.9 Å². The number of amides is 2. The first-order chi connectivity index (χ1) is 15.3. The Morgan fingerprint density at radius 3 is 2.53 bits per heavy atom. The topological polar surface area (TPSA) is 146 Å². The van der Waals surface area contributed by atoms with E-state index in [2.05, 4.69) is 25.9 Å². The van der Waals surface area contributed by atoms with Crippen molar-refractivity contribution >= 4 is 52.8 Å². The molecule has 1 aromatic carbocycles. The molecule has 2 heterocycles. The van der Waals surface area contributed by atoms with Gasteiger partial charge in [0.15, 0.2) is 5.69 Å². The molecule has 0 aliphatic heterocycles. The van der Waals surface area contributed by atoms with Crippen molar-refractivity contribution < 1.29 is 23.9 Å². The van der Waals surface area contributed by atoms with E-state index in [1.54, 1.807) is 24.4 Å². The number of benzene rings is 1. The third-order valence-electron chi connectivity index (χ3n) is 4.05. The van der Waals surface area contributed by atoms with Gasteiger partial charge in [-0.1, -0.05) is 29.3 Å².